The summed E-state index contributed by atoms with van der Waals surface area (Å²) in [6.45, 7) is 1.31. The van der Waals surface area contributed by atoms with Crippen molar-refractivity contribution < 1.29 is 14.3 Å². The Hall–Kier alpha value is -2.40. The van der Waals surface area contributed by atoms with Crippen LogP contribution >= 0.6 is 0 Å². The summed E-state index contributed by atoms with van der Waals surface area (Å²) in [7, 11) is 0. The standard InChI is InChI=1S/C20H20N2O3/c23-20(13-5-7-21-17(10-13)25-14-6-8-24-11-14)22-19-16-9-12-3-1-2-4-15(12)18(16)19/h1-5,7,10,14,16,18-19H,6,8-9,11H2,(H,22,23)/t14-,16+,18-,19+/m0/s1. The van der Waals surface area contributed by atoms with Gasteiger partial charge in [0.15, 0.2) is 0 Å². The molecule has 2 aliphatic carbocycles. The minimum atomic E-state index is -0.0493. The van der Waals surface area contributed by atoms with Crippen LogP contribution in [0.1, 0.15) is 33.8 Å². The molecule has 4 atom stereocenters. The molecular weight excluding hydrogens is 316 g/mol. The Bertz CT molecular complexity index is 816. The van der Waals surface area contributed by atoms with E-state index in [9.17, 15) is 4.79 Å². The lowest BCUT2D eigenvalue weighted by Crippen LogP contribution is -2.29. The summed E-state index contributed by atoms with van der Waals surface area (Å²) in [5.74, 6) is 1.47. The number of carbonyl (C=O) groups is 1. The van der Waals surface area contributed by atoms with E-state index in [2.05, 4.69) is 34.6 Å². The van der Waals surface area contributed by atoms with Crippen molar-refractivity contribution >= 4 is 5.91 Å². The summed E-state index contributed by atoms with van der Waals surface area (Å²) in [5.41, 5.74) is 3.43. The summed E-state index contributed by atoms with van der Waals surface area (Å²) in [5, 5.41) is 3.19. The van der Waals surface area contributed by atoms with Crippen molar-refractivity contribution in [3.8, 4) is 5.88 Å². The normalized spacial score (nSPS) is 29.0. The van der Waals surface area contributed by atoms with Crippen LogP contribution in [0, 0.1) is 5.92 Å². The van der Waals surface area contributed by atoms with Crippen LogP contribution in [-0.2, 0) is 11.2 Å². The number of amides is 1. The molecule has 5 rings (SSSR count). The van der Waals surface area contributed by atoms with Gasteiger partial charge in [0.2, 0.25) is 5.88 Å². The Morgan fingerprint density at radius 1 is 1.28 bits per heavy atom. The SMILES string of the molecule is O=C(N[C@@H]1[C@@H]2Cc3ccccc3[C@@H]21)c1ccnc(O[C@H]2CCOC2)c1. The molecule has 0 radical (unpaired) electrons. The molecule has 2 heterocycles. The van der Waals surface area contributed by atoms with Crippen LogP contribution in [0.15, 0.2) is 42.6 Å². The maximum atomic E-state index is 12.6. The third-order valence-corrected chi connectivity index (χ3v) is 5.51. The van der Waals surface area contributed by atoms with Gasteiger partial charge >= 0.3 is 0 Å². The highest BCUT2D eigenvalue weighted by atomic mass is 16.5. The molecular formula is C20H20N2O3. The van der Waals surface area contributed by atoms with Crippen molar-refractivity contribution in [1.82, 2.24) is 10.3 Å². The first-order valence-electron chi connectivity index (χ1n) is 8.89. The van der Waals surface area contributed by atoms with Gasteiger partial charge in [0.25, 0.3) is 5.91 Å². The molecule has 1 aromatic heterocycles. The number of carbonyl (C=O) groups excluding carboxylic acids is 1. The monoisotopic (exact) mass is 336 g/mol. The smallest absolute Gasteiger partial charge is 0.251 e. The lowest BCUT2D eigenvalue weighted by molar-refractivity contribution is 0.0946. The highest BCUT2D eigenvalue weighted by Gasteiger charge is 2.56. The van der Waals surface area contributed by atoms with E-state index in [-0.39, 0.29) is 18.1 Å². The first kappa shape index (κ1) is 14.9. The van der Waals surface area contributed by atoms with Crippen LogP contribution in [0.2, 0.25) is 0 Å². The molecule has 1 N–H and O–H groups in total. The van der Waals surface area contributed by atoms with Crippen molar-refractivity contribution in [2.45, 2.75) is 30.9 Å². The van der Waals surface area contributed by atoms with Crippen molar-refractivity contribution in [1.29, 1.82) is 0 Å². The van der Waals surface area contributed by atoms with Gasteiger partial charge in [-0.15, -0.1) is 0 Å². The van der Waals surface area contributed by atoms with Crippen molar-refractivity contribution in [3.63, 3.8) is 0 Å². The van der Waals surface area contributed by atoms with Crippen LogP contribution in [0.25, 0.3) is 0 Å². The number of benzene rings is 1. The predicted octanol–water partition coefficient (Wildman–Crippen LogP) is 2.32. The minimum absolute atomic E-state index is 0.0325. The molecule has 3 aliphatic rings. The number of fused-ring (bicyclic) bond motifs is 3. The Kier molecular flexibility index (Phi) is 3.48. The Morgan fingerprint density at radius 2 is 2.20 bits per heavy atom. The van der Waals surface area contributed by atoms with Gasteiger partial charge < -0.3 is 14.8 Å². The summed E-state index contributed by atoms with van der Waals surface area (Å²) in [6.07, 6.45) is 3.59. The molecule has 5 heteroatoms. The van der Waals surface area contributed by atoms with Gasteiger partial charge in [-0.05, 0) is 29.5 Å². The number of pyridine rings is 1. The quantitative estimate of drug-likeness (QED) is 0.931. The van der Waals surface area contributed by atoms with Crippen LogP contribution in [0.4, 0.5) is 0 Å². The van der Waals surface area contributed by atoms with Crippen LogP contribution in [-0.4, -0.2) is 36.3 Å². The van der Waals surface area contributed by atoms with Gasteiger partial charge in [-0.1, -0.05) is 24.3 Å². The number of nitrogens with one attached hydrogen (secondary N) is 1. The van der Waals surface area contributed by atoms with Gasteiger partial charge in [0, 0.05) is 36.2 Å². The average Bonchev–Trinajstić information content (AvgIpc) is 3.01. The summed E-state index contributed by atoms with van der Waals surface area (Å²) < 4.78 is 11.1. The van der Waals surface area contributed by atoms with E-state index in [1.807, 2.05) is 0 Å². The molecule has 0 spiro atoms. The van der Waals surface area contributed by atoms with E-state index in [1.54, 1.807) is 18.3 Å². The third kappa shape index (κ3) is 2.68. The van der Waals surface area contributed by atoms with Crippen molar-refractivity contribution in [3.05, 3.63) is 59.3 Å². The number of nitrogens with zero attached hydrogens (tertiary/aromatic N) is 1. The highest BCUT2D eigenvalue weighted by Crippen LogP contribution is 2.56. The van der Waals surface area contributed by atoms with Gasteiger partial charge in [0.05, 0.1) is 13.2 Å². The molecule has 2 aromatic rings. The molecule has 0 unspecified atom stereocenters. The van der Waals surface area contributed by atoms with Crippen LogP contribution in [0.5, 0.6) is 5.88 Å². The van der Waals surface area contributed by atoms with Gasteiger partial charge in [-0.3, -0.25) is 4.79 Å². The van der Waals surface area contributed by atoms with E-state index in [0.29, 0.717) is 29.9 Å². The Morgan fingerprint density at radius 3 is 3.08 bits per heavy atom. The largest absolute Gasteiger partial charge is 0.472 e. The molecule has 1 amide bonds. The molecule has 1 saturated heterocycles. The van der Waals surface area contributed by atoms with E-state index >= 15 is 0 Å². The van der Waals surface area contributed by atoms with Crippen LogP contribution in [0.3, 0.4) is 0 Å². The second kappa shape index (κ2) is 5.85. The summed E-state index contributed by atoms with van der Waals surface area (Å²) >= 11 is 0. The molecule has 2 fully saturated rings. The molecule has 128 valence electrons. The fourth-order valence-corrected chi connectivity index (χ4v) is 4.17. The fraction of sp³-hybridized carbons (Fsp3) is 0.400. The molecule has 1 saturated carbocycles. The van der Waals surface area contributed by atoms with Crippen molar-refractivity contribution in [2.75, 3.05) is 13.2 Å². The topological polar surface area (TPSA) is 60.5 Å². The maximum absolute atomic E-state index is 12.6. The predicted molar refractivity (Wildman–Crippen MR) is 91.7 cm³/mol. The first-order chi connectivity index (χ1) is 12.3. The number of aromatic nitrogens is 1. The molecule has 1 aliphatic heterocycles. The van der Waals surface area contributed by atoms with E-state index in [4.69, 9.17) is 9.47 Å². The zero-order valence-corrected chi connectivity index (χ0v) is 13.9. The average molecular weight is 336 g/mol. The molecule has 5 nitrogen and oxygen atoms in total. The molecule has 0 bridgehead atoms. The Labute approximate surface area is 146 Å². The fourth-order valence-electron chi connectivity index (χ4n) is 4.17. The van der Waals surface area contributed by atoms with Crippen LogP contribution < -0.4 is 10.1 Å². The van der Waals surface area contributed by atoms with Gasteiger partial charge in [0.1, 0.15) is 6.10 Å². The lowest BCUT2D eigenvalue weighted by atomic mass is 10.1. The Balaban J connectivity index is 1.25. The van der Waals surface area contributed by atoms with Gasteiger partial charge in [-0.2, -0.15) is 0 Å². The minimum Gasteiger partial charge on any atom is -0.472 e. The molecule has 25 heavy (non-hydrogen) atoms. The van der Waals surface area contributed by atoms with E-state index < -0.39 is 0 Å². The lowest BCUT2D eigenvalue weighted by Gasteiger charge is -2.12. The number of rotatable bonds is 4. The van der Waals surface area contributed by atoms with Crippen molar-refractivity contribution in [2.24, 2.45) is 5.92 Å². The van der Waals surface area contributed by atoms with Gasteiger partial charge in [-0.25, -0.2) is 4.98 Å². The zero-order chi connectivity index (χ0) is 16.8. The first-order valence-corrected chi connectivity index (χ1v) is 8.89. The van der Waals surface area contributed by atoms with E-state index in [0.717, 1.165) is 19.4 Å². The number of ether oxygens (including phenoxy) is 2. The number of hydrogen-bond acceptors (Lipinski definition) is 4. The molecule has 1 aromatic carbocycles. The second-order valence-corrected chi connectivity index (χ2v) is 7.08. The number of hydrogen-bond donors (Lipinski definition) is 1. The maximum Gasteiger partial charge on any atom is 0.251 e. The van der Waals surface area contributed by atoms with E-state index in [1.165, 1.54) is 11.1 Å². The zero-order valence-electron chi connectivity index (χ0n) is 13.9. The second-order valence-electron chi connectivity index (χ2n) is 7.08. The summed E-state index contributed by atoms with van der Waals surface area (Å²) in [6, 6.07) is 12.3. The third-order valence-electron chi connectivity index (χ3n) is 5.51. The highest BCUT2D eigenvalue weighted by molar-refractivity contribution is 5.95. The summed E-state index contributed by atoms with van der Waals surface area (Å²) in [4.78, 5) is 16.8.